The first-order valence-corrected chi connectivity index (χ1v) is 12.1. The number of methoxy groups -OCH3 is 1. The number of carbonyl (C=O) groups is 4. The molecule has 39 heavy (non-hydrogen) atoms. The van der Waals surface area contributed by atoms with Gasteiger partial charge in [0.1, 0.15) is 5.75 Å². The second kappa shape index (κ2) is 13.2. The summed E-state index contributed by atoms with van der Waals surface area (Å²) >= 11 is 6.10. The lowest BCUT2D eigenvalue weighted by molar-refractivity contribution is -0.132. The Morgan fingerprint density at radius 1 is 0.872 bits per heavy atom. The number of halogens is 1. The van der Waals surface area contributed by atoms with Crippen molar-refractivity contribution in [3.05, 3.63) is 82.4 Å². The van der Waals surface area contributed by atoms with E-state index in [9.17, 15) is 19.2 Å². The minimum absolute atomic E-state index is 0.132. The SMILES string of the molecule is COc1cc(C(=O)Oc2ccc(Cl)cc2/C=N/NC(=O)c2ccc(NC(=O)C(C)C)cc2)ccc1OC(C)=O. The summed E-state index contributed by atoms with van der Waals surface area (Å²) in [5.41, 5.74) is 3.75. The Bertz CT molecular complexity index is 1420. The van der Waals surface area contributed by atoms with Gasteiger partial charge in [0, 0.05) is 34.7 Å². The van der Waals surface area contributed by atoms with Crippen LogP contribution >= 0.6 is 11.6 Å². The third-order valence-corrected chi connectivity index (χ3v) is 5.37. The molecule has 2 amide bonds. The molecule has 0 spiro atoms. The molecule has 0 bridgehead atoms. The van der Waals surface area contributed by atoms with E-state index >= 15 is 0 Å². The normalized spacial score (nSPS) is 10.7. The van der Waals surface area contributed by atoms with E-state index in [2.05, 4.69) is 15.8 Å². The van der Waals surface area contributed by atoms with Gasteiger partial charge in [0.25, 0.3) is 5.91 Å². The number of ether oxygens (including phenoxy) is 3. The summed E-state index contributed by atoms with van der Waals surface area (Å²) in [6.07, 6.45) is 1.29. The van der Waals surface area contributed by atoms with Crippen LogP contribution in [0.5, 0.6) is 17.2 Å². The first-order valence-electron chi connectivity index (χ1n) is 11.7. The highest BCUT2D eigenvalue weighted by Gasteiger charge is 2.16. The number of hydrazone groups is 1. The molecular weight excluding hydrogens is 526 g/mol. The Hall–Kier alpha value is -4.70. The Labute approximate surface area is 229 Å². The fourth-order valence-corrected chi connectivity index (χ4v) is 3.30. The molecule has 0 heterocycles. The van der Waals surface area contributed by atoms with Crippen LogP contribution in [-0.4, -0.2) is 37.1 Å². The summed E-state index contributed by atoms with van der Waals surface area (Å²) in [6.45, 7) is 4.81. The number of carbonyl (C=O) groups excluding carboxylic acids is 4. The number of anilines is 1. The summed E-state index contributed by atoms with van der Waals surface area (Å²) in [5.74, 6) is -1.57. The molecule has 0 aliphatic carbocycles. The monoisotopic (exact) mass is 551 g/mol. The molecular formula is C28H26ClN3O7. The van der Waals surface area contributed by atoms with Gasteiger partial charge in [-0.3, -0.25) is 14.4 Å². The predicted molar refractivity (Wildman–Crippen MR) is 146 cm³/mol. The van der Waals surface area contributed by atoms with E-state index in [4.69, 9.17) is 25.8 Å². The highest BCUT2D eigenvalue weighted by molar-refractivity contribution is 6.31. The molecule has 0 radical (unpaired) electrons. The maximum Gasteiger partial charge on any atom is 0.343 e. The van der Waals surface area contributed by atoms with Crippen molar-refractivity contribution >= 4 is 47.3 Å². The molecule has 202 valence electrons. The Morgan fingerprint density at radius 3 is 2.18 bits per heavy atom. The van der Waals surface area contributed by atoms with E-state index in [0.717, 1.165) is 0 Å². The largest absolute Gasteiger partial charge is 0.493 e. The van der Waals surface area contributed by atoms with Crippen LogP contribution in [0.2, 0.25) is 5.02 Å². The molecule has 0 fully saturated rings. The quantitative estimate of drug-likeness (QED) is 0.168. The maximum atomic E-state index is 12.8. The van der Waals surface area contributed by atoms with Gasteiger partial charge in [-0.2, -0.15) is 5.10 Å². The second-order valence-corrected chi connectivity index (χ2v) is 8.89. The van der Waals surface area contributed by atoms with E-state index in [0.29, 0.717) is 21.8 Å². The number of nitrogens with one attached hydrogen (secondary N) is 2. The lowest BCUT2D eigenvalue weighted by atomic mass is 10.1. The number of esters is 2. The van der Waals surface area contributed by atoms with Crippen LogP contribution < -0.4 is 25.0 Å². The van der Waals surface area contributed by atoms with Gasteiger partial charge in [-0.15, -0.1) is 0 Å². The van der Waals surface area contributed by atoms with Crippen molar-refractivity contribution in [2.24, 2.45) is 11.0 Å². The number of hydrogen-bond acceptors (Lipinski definition) is 8. The van der Waals surface area contributed by atoms with Crippen molar-refractivity contribution in [2.45, 2.75) is 20.8 Å². The molecule has 11 heteroatoms. The molecule has 0 saturated carbocycles. The first kappa shape index (κ1) is 28.9. The van der Waals surface area contributed by atoms with Crippen molar-refractivity contribution in [2.75, 3.05) is 12.4 Å². The van der Waals surface area contributed by atoms with Gasteiger partial charge in [0.2, 0.25) is 5.91 Å². The van der Waals surface area contributed by atoms with Crippen LogP contribution in [0.1, 0.15) is 47.1 Å². The first-order chi connectivity index (χ1) is 18.6. The van der Waals surface area contributed by atoms with E-state index in [1.54, 1.807) is 38.1 Å². The molecule has 0 saturated heterocycles. The summed E-state index contributed by atoms with van der Waals surface area (Å²) in [7, 11) is 1.37. The number of hydrogen-bond donors (Lipinski definition) is 2. The molecule has 3 aromatic carbocycles. The molecule has 0 atom stereocenters. The van der Waals surface area contributed by atoms with Crippen molar-refractivity contribution in [1.29, 1.82) is 0 Å². The molecule has 0 aliphatic rings. The van der Waals surface area contributed by atoms with Crippen LogP contribution in [0.25, 0.3) is 0 Å². The van der Waals surface area contributed by atoms with E-state index in [-0.39, 0.29) is 34.6 Å². The van der Waals surface area contributed by atoms with Crippen LogP contribution in [0.3, 0.4) is 0 Å². The van der Waals surface area contributed by atoms with E-state index in [1.165, 1.54) is 56.6 Å². The van der Waals surface area contributed by atoms with Gasteiger partial charge in [-0.1, -0.05) is 25.4 Å². The lowest BCUT2D eigenvalue weighted by Gasteiger charge is -2.11. The fraction of sp³-hybridized carbons (Fsp3) is 0.179. The van der Waals surface area contributed by atoms with E-state index in [1.807, 2.05) is 0 Å². The van der Waals surface area contributed by atoms with Crippen LogP contribution in [0.4, 0.5) is 5.69 Å². The highest BCUT2D eigenvalue weighted by atomic mass is 35.5. The summed E-state index contributed by atoms with van der Waals surface area (Å²) in [6, 6.07) is 15.1. The Morgan fingerprint density at radius 2 is 1.54 bits per heavy atom. The summed E-state index contributed by atoms with van der Waals surface area (Å²) in [5, 5.41) is 7.05. The van der Waals surface area contributed by atoms with Gasteiger partial charge in [-0.05, 0) is 60.7 Å². The van der Waals surface area contributed by atoms with Gasteiger partial charge in [-0.25, -0.2) is 10.2 Å². The van der Waals surface area contributed by atoms with Crippen molar-refractivity contribution in [3.63, 3.8) is 0 Å². The van der Waals surface area contributed by atoms with Crippen molar-refractivity contribution in [1.82, 2.24) is 5.43 Å². The van der Waals surface area contributed by atoms with Crippen LogP contribution in [-0.2, 0) is 9.59 Å². The average Bonchev–Trinajstić information content (AvgIpc) is 2.90. The zero-order chi connectivity index (χ0) is 28.5. The molecule has 10 nitrogen and oxygen atoms in total. The van der Waals surface area contributed by atoms with Gasteiger partial charge >= 0.3 is 11.9 Å². The number of amides is 2. The Balaban J connectivity index is 1.70. The molecule has 3 aromatic rings. The average molecular weight is 552 g/mol. The smallest absolute Gasteiger partial charge is 0.343 e. The van der Waals surface area contributed by atoms with Crippen molar-refractivity contribution in [3.8, 4) is 17.2 Å². The highest BCUT2D eigenvalue weighted by Crippen LogP contribution is 2.29. The van der Waals surface area contributed by atoms with E-state index < -0.39 is 17.8 Å². The minimum Gasteiger partial charge on any atom is -0.493 e. The Kier molecular flexibility index (Phi) is 9.77. The van der Waals surface area contributed by atoms with Gasteiger partial charge in [0.15, 0.2) is 11.5 Å². The van der Waals surface area contributed by atoms with Crippen LogP contribution in [0.15, 0.2) is 65.8 Å². The maximum absolute atomic E-state index is 12.8. The van der Waals surface area contributed by atoms with Gasteiger partial charge < -0.3 is 19.5 Å². The standard InChI is InChI=1S/C28H26ClN3O7/c1-16(2)26(34)31-22-9-5-18(6-10-22)27(35)32-30-15-20-13-21(29)8-12-23(20)39-28(36)19-7-11-24(38-17(3)33)25(14-19)37-4/h5-16H,1-4H3,(H,31,34)(H,32,35)/b30-15+. The van der Waals surface area contributed by atoms with Gasteiger partial charge in [0.05, 0.1) is 18.9 Å². The summed E-state index contributed by atoms with van der Waals surface area (Å²) < 4.78 is 15.7. The third-order valence-electron chi connectivity index (χ3n) is 5.14. The zero-order valence-electron chi connectivity index (χ0n) is 21.6. The topological polar surface area (TPSA) is 132 Å². The number of rotatable bonds is 9. The second-order valence-electron chi connectivity index (χ2n) is 8.45. The number of benzene rings is 3. The lowest BCUT2D eigenvalue weighted by Crippen LogP contribution is -2.19. The third kappa shape index (κ3) is 8.14. The predicted octanol–water partition coefficient (Wildman–Crippen LogP) is 4.85. The van der Waals surface area contributed by atoms with Crippen molar-refractivity contribution < 1.29 is 33.4 Å². The van der Waals surface area contributed by atoms with Crippen LogP contribution in [0, 0.1) is 5.92 Å². The number of nitrogens with zero attached hydrogens (tertiary/aromatic N) is 1. The zero-order valence-corrected chi connectivity index (χ0v) is 22.4. The molecule has 2 N–H and O–H groups in total. The molecule has 3 rings (SSSR count). The minimum atomic E-state index is -0.715. The fourth-order valence-electron chi connectivity index (χ4n) is 3.12. The molecule has 0 unspecified atom stereocenters. The summed E-state index contributed by atoms with van der Waals surface area (Å²) in [4.78, 5) is 48.3. The molecule has 0 aliphatic heterocycles. The molecule has 0 aromatic heterocycles.